The fraction of sp³-hybridized carbons (Fsp3) is 0.533. The SMILES string of the molecule is COc1ccc2c(c1)N(C(=O)CC(C)C)CCC2O. The van der Waals surface area contributed by atoms with E-state index in [2.05, 4.69) is 0 Å². The van der Waals surface area contributed by atoms with Gasteiger partial charge in [0, 0.05) is 24.6 Å². The fourth-order valence-electron chi connectivity index (χ4n) is 2.41. The molecule has 0 aromatic heterocycles. The lowest BCUT2D eigenvalue weighted by Crippen LogP contribution is -2.37. The number of nitrogens with zero attached hydrogens (tertiary/aromatic N) is 1. The van der Waals surface area contributed by atoms with Crippen LogP contribution in [0.4, 0.5) is 5.69 Å². The molecule has 19 heavy (non-hydrogen) atoms. The number of fused-ring (bicyclic) bond motifs is 1. The molecule has 2 rings (SSSR count). The first-order chi connectivity index (χ1) is 9.02. The van der Waals surface area contributed by atoms with Crippen molar-refractivity contribution in [3.8, 4) is 5.75 Å². The molecule has 0 fully saturated rings. The lowest BCUT2D eigenvalue weighted by Gasteiger charge is -2.33. The molecule has 1 atom stereocenters. The van der Waals surface area contributed by atoms with Crippen LogP contribution in [0.1, 0.15) is 38.4 Å². The summed E-state index contributed by atoms with van der Waals surface area (Å²) in [6.07, 6.45) is 0.611. The van der Waals surface area contributed by atoms with Crippen molar-refractivity contribution in [2.45, 2.75) is 32.8 Å². The monoisotopic (exact) mass is 263 g/mol. The smallest absolute Gasteiger partial charge is 0.227 e. The number of methoxy groups -OCH3 is 1. The molecule has 1 amide bonds. The Kier molecular flexibility index (Phi) is 4.10. The minimum Gasteiger partial charge on any atom is -0.497 e. The van der Waals surface area contributed by atoms with E-state index in [4.69, 9.17) is 4.74 Å². The van der Waals surface area contributed by atoms with E-state index in [0.717, 1.165) is 11.3 Å². The minimum atomic E-state index is -0.496. The summed E-state index contributed by atoms with van der Waals surface area (Å²) in [5.41, 5.74) is 1.59. The van der Waals surface area contributed by atoms with Crippen molar-refractivity contribution in [3.05, 3.63) is 23.8 Å². The van der Waals surface area contributed by atoms with Gasteiger partial charge in [-0.05, 0) is 18.4 Å². The van der Waals surface area contributed by atoms with E-state index < -0.39 is 6.10 Å². The Balaban J connectivity index is 2.34. The van der Waals surface area contributed by atoms with E-state index in [1.165, 1.54) is 0 Å². The van der Waals surface area contributed by atoms with E-state index >= 15 is 0 Å². The Hall–Kier alpha value is -1.55. The number of hydrogen-bond acceptors (Lipinski definition) is 3. The van der Waals surface area contributed by atoms with Crippen LogP contribution in [0.5, 0.6) is 5.75 Å². The molecule has 0 aliphatic carbocycles. The molecule has 0 saturated heterocycles. The van der Waals surface area contributed by atoms with Crippen LogP contribution in [0.15, 0.2) is 18.2 Å². The summed E-state index contributed by atoms with van der Waals surface area (Å²) < 4.78 is 5.21. The number of amides is 1. The van der Waals surface area contributed by atoms with Gasteiger partial charge in [0.15, 0.2) is 0 Å². The van der Waals surface area contributed by atoms with Crippen molar-refractivity contribution >= 4 is 11.6 Å². The molecule has 1 N–H and O–H groups in total. The highest BCUT2D eigenvalue weighted by molar-refractivity contribution is 5.95. The van der Waals surface area contributed by atoms with Gasteiger partial charge in [0.05, 0.1) is 18.9 Å². The molecule has 1 aliphatic heterocycles. The van der Waals surface area contributed by atoms with Gasteiger partial charge in [-0.25, -0.2) is 0 Å². The molecule has 1 unspecified atom stereocenters. The zero-order valence-electron chi connectivity index (χ0n) is 11.7. The highest BCUT2D eigenvalue weighted by Gasteiger charge is 2.28. The van der Waals surface area contributed by atoms with Gasteiger partial charge in [0.2, 0.25) is 5.91 Å². The van der Waals surface area contributed by atoms with Gasteiger partial charge in [-0.3, -0.25) is 4.79 Å². The number of hydrogen-bond donors (Lipinski definition) is 1. The Morgan fingerprint density at radius 1 is 1.53 bits per heavy atom. The van der Waals surface area contributed by atoms with Crippen LogP contribution in [-0.2, 0) is 4.79 Å². The summed E-state index contributed by atoms with van der Waals surface area (Å²) in [5, 5.41) is 10.0. The predicted octanol–water partition coefficient (Wildman–Crippen LogP) is 2.51. The summed E-state index contributed by atoms with van der Waals surface area (Å²) in [6.45, 7) is 4.62. The summed E-state index contributed by atoms with van der Waals surface area (Å²) in [6, 6.07) is 5.49. The van der Waals surface area contributed by atoms with Gasteiger partial charge >= 0.3 is 0 Å². The van der Waals surface area contributed by atoms with Crippen molar-refractivity contribution in [2.75, 3.05) is 18.6 Å². The maximum Gasteiger partial charge on any atom is 0.227 e. The van der Waals surface area contributed by atoms with Crippen molar-refractivity contribution in [3.63, 3.8) is 0 Å². The third-order valence-electron chi connectivity index (χ3n) is 3.40. The number of aliphatic hydroxyl groups is 1. The molecule has 104 valence electrons. The fourth-order valence-corrected chi connectivity index (χ4v) is 2.41. The number of carbonyl (C=O) groups excluding carboxylic acids is 1. The lowest BCUT2D eigenvalue weighted by molar-refractivity contribution is -0.119. The second-order valence-corrected chi connectivity index (χ2v) is 5.37. The largest absolute Gasteiger partial charge is 0.497 e. The number of anilines is 1. The lowest BCUT2D eigenvalue weighted by atomic mass is 9.97. The first-order valence-electron chi connectivity index (χ1n) is 6.69. The van der Waals surface area contributed by atoms with Crippen LogP contribution >= 0.6 is 0 Å². The van der Waals surface area contributed by atoms with Gasteiger partial charge in [-0.1, -0.05) is 19.9 Å². The first kappa shape index (κ1) is 13.9. The van der Waals surface area contributed by atoms with Crippen molar-refractivity contribution in [2.24, 2.45) is 5.92 Å². The average molecular weight is 263 g/mol. The highest BCUT2D eigenvalue weighted by Crippen LogP contribution is 2.36. The Morgan fingerprint density at radius 3 is 2.89 bits per heavy atom. The van der Waals surface area contributed by atoms with Crippen molar-refractivity contribution in [1.29, 1.82) is 0 Å². The molecule has 4 nitrogen and oxygen atoms in total. The average Bonchev–Trinajstić information content (AvgIpc) is 2.37. The standard InChI is InChI=1S/C15H21NO3/c1-10(2)8-15(18)16-7-6-14(17)12-5-4-11(19-3)9-13(12)16/h4-5,9-10,14,17H,6-8H2,1-3H3. The predicted molar refractivity (Wildman–Crippen MR) is 74.4 cm³/mol. The molecule has 4 heteroatoms. The maximum absolute atomic E-state index is 12.3. The van der Waals surface area contributed by atoms with E-state index in [1.54, 1.807) is 12.0 Å². The third kappa shape index (κ3) is 2.89. The van der Waals surface area contributed by atoms with Crippen LogP contribution in [0.3, 0.4) is 0 Å². The second kappa shape index (κ2) is 5.61. The molecule has 0 bridgehead atoms. The molecule has 1 aliphatic rings. The van der Waals surface area contributed by atoms with Crippen LogP contribution in [0, 0.1) is 5.92 Å². The summed E-state index contributed by atoms with van der Waals surface area (Å²) in [4.78, 5) is 14.0. The maximum atomic E-state index is 12.3. The van der Waals surface area contributed by atoms with Crippen LogP contribution in [0.2, 0.25) is 0 Å². The number of aliphatic hydroxyl groups excluding tert-OH is 1. The molecule has 0 radical (unpaired) electrons. The van der Waals surface area contributed by atoms with E-state index in [1.807, 2.05) is 32.0 Å². The zero-order valence-corrected chi connectivity index (χ0v) is 11.7. The van der Waals surface area contributed by atoms with Gasteiger partial charge in [-0.2, -0.15) is 0 Å². The van der Waals surface area contributed by atoms with Gasteiger partial charge in [0.1, 0.15) is 5.75 Å². The van der Waals surface area contributed by atoms with Gasteiger partial charge in [0.25, 0.3) is 0 Å². The summed E-state index contributed by atoms with van der Waals surface area (Å²) >= 11 is 0. The molecular weight excluding hydrogens is 242 g/mol. The van der Waals surface area contributed by atoms with E-state index in [9.17, 15) is 9.90 Å². The molecule has 1 aromatic rings. The molecule has 1 aromatic carbocycles. The summed E-state index contributed by atoms with van der Waals surface area (Å²) in [5.74, 6) is 1.14. The Labute approximate surface area is 114 Å². The minimum absolute atomic E-state index is 0.108. The molecule has 0 spiro atoms. The normalized spacial score (nSPS) is 18.4. The first-order valence-corrected chi connectivity index (χ1v) is 6.69. The highest BCUT2D eigenvalue weighted by atomic mass is 16.5. The van der Waals surface area contributed by atoms with E-state index in [0.29, 0.717) is 31.1 Å². The second-order valence-electron chi connectivity index (χ2n) is 5.37. The Morgan fingerprint density at radius 2 is 2.26 bits per heavy atom. The third-order valence-corrected chi connectivity index (χ3v) is 3.40. The van der Waals surface area contributed by atoms with Crippen molar-refractivity contribution < 1.29 is 14.6 Å². The van der Waals surface area contributed by atoms with Crippen LogP contribution in [-0.4, -0.2) is 24.7 Å². The van der Waals surface area contributed by atoms with Gasteiger partial charge < -0.3 is 14.7 Å². The van der Waals surface area contributed by atoms with Crippen LogP contribution < -0.4 is 9.64 Å². The van der Waals surface area contributed by atoms with Crippen LogP contribution in [0.25, 0.3) is 0 Å². The van der Waals surface area contributed by atoms with Crippen molar-refractivity contribution in [1.82, 2.24) is 0 Å². The topological polar surface area (TPSA) is 49.8 Å². The Bertz CT molecular complexity index is 470. The number of benzene rings is 1. The molecule has 1 heterocycles. The number of ether oxygens (including phenoxy) is 1. The molecular formula is C15H21NO3. The molecule has 0 saturated carbocycles. The van der Waals surface area contributed by atoms with Gasteiger partial charge in [-0.15, -0.1) is 0 Å². The summed E-state index contributed by atoms with van der Waals surface area (Å²) in [7, 11) is 1.60. The van der Waals surface area contributed by atoms with E-state index in [-0.39, 0.29) is 5.91 Å². The number of rotatable bonds is 3. The quantitative estimate of drug-likeness (QED) is 0.911. The zero-order chi connectivity index (χ0) is 14.0. The number of carbonyl (C=O) groups is 1.